The van der Waals surface area contributed by atoms with Crippen LogP contribution in [0.1, 0.15) is 27.9 Å². The Morgan fingerprint density at radius 3 is 1.67 bits per heavy atom. The van der Waals surface area contributed by atoms with Gasteiger partial charge in [0.15, 0.2) is 17.3 Å². The molecule has 4 rings (SSSR count). The van der Waals surface area contributed by atoms with Crippen LogP contribution in [0.2, 0.25) is 0 Å². The number of carbonyl (C=O) groups is 4. The first-order valence-corrected chi connectivity index (χ1v) is 9.53. The molecule has 0 amide bonds. The Bertz CT molecular complexity index is 1040. The lowest BCUT2D eigenvalue weighted by Gasteiger charge is -2.39. The van der Waals surface area contributed by atoms with E-state index < -0.39 is 34.8 Å². The fourth-order valence-corrected chi connectivity index (χ4v) is 3.77. The van der Waals surface area contributed by atoms with Crippen molar-refractivity contribution in [1.29, 1.82) is 0 Å². The summed E-state index contributed by atoms with van der Waals surface area (Å²) in [6.07, 6.45) is -0.231. The Kier molecular flexibility index (Phi) is 5.11. The van der Waals surface area contributed by atoms with E-state index in [0.29, 0.717) is 11.1 Å². The first-order valence-electron chi connectivity index (χ1n) is 9.53. The van der Waals surface area contributed by atoms with Gasteiger partial charge in [0.2, 0.25) is 11.6 Å². The summed E-state index contributed by atoms with van der Waals surface area (Å²) in [5.41, 5.74) is 0.0333. The van der Waals surface area contributed by atoms with E-state index in [1.807, 2.05) is 12.1 Å². The second-order valence-electron chi connectivity index (χ2n) is 7.12. The Morgan fingerprint density at radius 1 is 0.733 bits per heavy atom. The maximum absolute atomic E-state index is 13.1. The summed E-state index contributed by atoms with van der Waals surface area (Å²) < 4.78 is 5.80. The number of rotatable bonds is 5. The molecule has 0 saturated carbocycles. The zero-order valence-corrected chi connectivity index (χ0v) is 16.0. The van der Waals surface area contributed by atoms with Crippen LogP contribution in [-0.2, 0) is 24.7 Å². The average Bonchev–Trinajstić information content (AvgIpc) is 2.79. The van der Waals surface area contributed by atoms with Crippen LogP contribution >= 0.6 is 0 Å². The standard InChI is InChI=1S/C25H18O5/c26-20-16-25(18-12-6-2-7-13-18,19-14-8-3-9-15-19)30-24(29)21(20)23(28)22(27)17-10-4-1-5-11-17/h1-15,21H,16H2. The van der Waals surface area contributed by atoms with E-state index in [2.05, 4.69) is 0 Å². The van der Waals surface area contributed by atoms with Crippen molar-refractivity contribution in [3.8, 4) is 0 Å². The lowest BCUT2D eigenvalue weighted by Crippen LogP contribution is -2.50. The van der Waals surface area contributed by atoms with Gasteiger partial charge < -0.3 is 4.74 Å². The second-order valence-corrected chi connectivity index (χ2v) is 7.12. The summed E-state index contributed by atoms with van der Waals surface area (Å²) >= 11 is 0. The minimum absolute atomic E-state index is 0.131. The van der Waals surface area contributed by atoms with Crippen LogP contribution in [0.3, 0.4) is 0 Å². The molecular weight excluding hydrogens is 380 g/mol. The van der Waals surface area contributed by atoms with Gasteiger partial charge in [-0.15, -0.1) is 0 Å². The molecule has 0 N–H and O–H groups in total. The summed E-state index contributed by atoms with van der Waals surface area (Å²) in [5, 5.41) is 0. The number of Topliss-reactive ketones (excluding diaryl/α,β-unsaturated/α-hetero) is 3. The zero-order chi connectivity index (χ0) is 21.1. The maximum atomic E-state index is 13.1. The second kappa shape index (κ2) is 7.87. The molecule has 5 heteroatoms. The molecular formula is C25H18O5. The van der Waals surface area contributed by atoms with Crippen molar-refractivity contribution < 1.29 is 23.9 Å². The normalized spacial score (nSPS) is 17.8. The lowest BCUT2D eigenvalue weighted by molar-refractivity contribution is -0.174. The Morgan fingerprint density at radius 2 is 1.20 bits per heavy atom. The molecule has 148 valence electrons. The fraction of sp³-hybridized carbons (Fsp3) is 0.120. The van der Waals surface area contributed by atoms with E-state index in [9.17, 15) is 19.2 Å². The predicted molar refractivity (Wildman–Crippen MR) is 109 cm³/mol. The van der Waals surface area contributed by atoms with Gasteiger partial charge in [0.25, 0.3) is 0 Å². The van der Waals surface area contributed by atoms with Crippen molar-refractivity contribution in [3.63, 3.8) is 0 Å². The minimum atomic E-state index is -1.75. The largest absolute Gasteiger partial charge is 0.448 e. The smallest absolute Gasteiger partial charge is 0.325 e. The highest BCUT2D eigenvalue weighted by atomic mass is 16.6. The van der Waals surface area contributed by atoms with Crippen LogP contribution in [0.25, 0.3) is 0 Å². The summed E-state index contributed by atoms with van der Waals surface area (Å²) in [6, 6.07) is 25.7. The highest BCUT2D eigenvalue weighted by molar-refractivity contribution is 6.50. The Hall–Kier alpha value is -3.86. The van der Waals surface area contributed by atoms with Gasteiger partial charge in [-0.05, 0) is 0 Å². The minimum Gasteiger partial charge on any atom is -0.448 e. The number of ketones is 3. The molecule has 1 saturated heterocycles. The number of esters is 1. The molecule has 0 bridgehead atoms. The summed E-state index contributed by atoms with van der Waals surface area (Å²) in [7, 11) is 0. The lowest BCUT2D eigenvalue weighted by atomic mass is 9.76. The quantitative estimate of drug-likeness (QED) is 0.284. The van der Waals surface area contributed by atoms with Crippen LogP contribution in [0.4, 0.5) is 0 Å². The van der Waals surface area contributed by atoms with Crippen molar-refractivity contribution in [1.82, 2.24) is 0 Å². The molecule has 1 fully saturated rings. The van der Waals surface area contributed by atoms with Gasteiger partial charge >= 0.3 is 5.97 Å². The van der Waals surface area contributed by atoms with Gasteiger partial charge in [0, 0.05) is 16.7 Å². The first kappa shape index (κ1) is 19.5. The number of ether oxygens (including phenoxy) is 1. The van der Waals surface area contributed by atoms with Crippen LogP contribution in [-0.4, -0.2) is 23.3 Å². The zero-order valence-electron chi connectivity index (χ0n) is 16.0. The highest BCUT2D eigenvalue weighted by Gasteiger charge is 2.52. The SMILES string of the molecule is O=C(C(=O)C1C(=O)CC(c2ccccc2)(c2ccccc2)OC1=O)c1ccccc1. The molecule has 1 unspecified atom stereocenters. The number of hydrogen-bond acceptors (Lipinski definition) is 5. The Labute approximate surface area is 173 Å². The van der Waals surface area contributed by atoms with Crippen LogP contribution in [0.5, 0.6) is 0 Å². The fourth-order valence-electron chi connectivity index (χ4n) is 3.77. The summed E-state index contributed by atoms with van der Waals surface area (Å²) in [4.78, 5) is 51.3. The van der Waals surface area contributed by atoms with Gasteiger partial charge in [0.1, 0.15) is 0 Å². The van der Waals surface area contributed by atoms with E-state index >= 15 is 0 Å². The third kappa shape index (κ3) is 3.35. The van der Waals surface area contributed by atoms with Crippen LogP contribution in [0.15, 0.2) is 91.0 Å². The molecule has 0 aromatic heterocycles. The molecule has 3 aromatic rings. The average molecular weight is 398 g/mol. The predicted octanol–water partition coefficient (Wildman–Crippen LogP) is 3.51. The van der Waals surface area contributed by atoms with Gasteiger partial charge in [-0.3, -0.25) is 19.2 Å². The van der Waals surface area contributed by atoms with Gasteiger partial charge in [-0.2, -0.15) is 0 Å². The van der Waals surface area contributed by atoms with E-state index in [0.717, 1.165) is 0 Å². The molecule has 0 radical (unpaired) electrons. The number of benzene rings is 3. The Balaban J connectivity index is 1.71. The van der Waals surface area contributed by atoms with E-state index in [4.69, 9.17) is 4.74 Å². The molecule has 1 aliphatic heterocycles. The van der Waals surface area contributed by atoms with Gasteiger partial charge in [0.05, 0.1) is 6.42 Å². The van der Waals surface area contributed by atoms with Crippen molar-refractivity contribution in [2.24, 2.45) is 5.92 Å². The van der Waals surface area contributed by atoms with E-state index in [-0.39, 0.29) is 12.0 Å². The molecule has 1 heterocycles. The highest BCUT2D eigenvalue weighted by Crippen LogP contribution is 2.42. The molecule has 0 spiro atoms. The van der Waals surface area contributed by atoms with Gasteiger partial charge in [-0.25, -0.2) is 0 Å². The number of hydrogen-bond donors (Lipinski definition) is 0. The molecule has 0 aliphatic carbocycles. The molecule has 3 aromatic carbocycles. The van der Waals surface area contributed by atoms with Crippen molar-refractivity contribution in [2.75, 3.05) is 0 Å². The van der Waals surface area contributed by atoms with E-state index in [1.165, 1.54) is 12.1 Å². The third-order valence-corrected chi connectivity index (χ3v) is 5.26. The molecule has 1 atom stereocenters. The van der Waals surface area contributed by atoms with Crippen molar-refractivity contribution in [2.45, 2.75) is 12.0 Å². The molecule has 30 heavy (non-hydrogen) atoms. The van der Waals surface area contributed by atoms with Gasteiger partial charge in [-0.1, -0.05) is 91.0 Å². The molecule has 1 aliphatic rings. The maximum Gasteiger partial charge on any atom is 0.325 e. The number of carbonyl (C=O) groups excluding carboxylic acids is 4. The number of cyclic esters (lactones) is 1. The van der Waals surface area contributed by atoms with Crippen molar-refractivity contribution in [3.05, 3.63) is 108 Å². The third-order valence-electron chi connectivity index (χ3n) is 5.26. The van der Waals surface area contributed by atoms with Crippen LogP contribution in [0, 0.1) is 5.92 Å². The monoisotopic (exact) mass is 398 g/mol. The summed E-state index contributed by atoms with van der Waals surface area (Å²) in [5.74, 6) is -5.33. The van der Waals surface area contributed by atoms with Crippen LogP contribution < -0.4 is 0 Å². The first-order chi connectivity index (χ1) is 14.5. The summed E-state index contributed by atoms with van der Waals surface area (Å²) in [6.45, 7) is 0. The van der Waals surface area contributed by atoms with Crippen molar-refractivity contribution >= 4 is 23.3 Å². The van der Waals surface area contributed by atoms with E-state index in [1.54, 1.807) is 66.7 Å². The molecule has 5 nitrogen and oxygen atoms in total. The topological polar surface area (TPSA) is 77.5 Å².